The maximum atomic E-state index is 12.5. The van der Waals surface area contributed by atoms with Gasteiger partial charge >= 0.3 is 0 Å². The number of hydrogen-bond donors (Lipinski definition) is 1. The van der Waals surface area contributed by atoms with Crippen molar-refractivity contribution in [2.75, 3.05) is 23.9 Å². The molecule has 27 heavy (non-hydrogen) atoms. The summed E-state index contributed by atoms with van der Waals surface area (Å²) in [4.78, 5) is 36.9. The van der Waals surface area contributed by atoms with Gasteiger partial charge in [-0.3, -0.25) is 19.7 Å². The predicted molar refractivity (Wildman–Crippen MR) is 99.9 cm³/mol. The number of amides is 2. The third-order valence-corrected chi connectivity index (χ3v) is 4.55. The van der Waals surface area contributed by atoms with Crippen LogP contribution in [0, 0.1) is 23.0 Å². The number of hydrogen-bond acceptors (Lipinski definition) is 5. The van der Waals surface area contributed by atoms with Crippen molar-refractivity contribution in [1.29, 1.82) is 0 Å². The molecule has 0 aliphatic carbocycles. The minimum atomic E-state index is -0.528. The molecule has 0 saturated carbocycles. The van der Waals surface area contributed by atoms with Gasteiger partial charge in [0.25, 0.3) is 5.69 Å². The number of aryl methyl sites for hydroxylation is 1. The van der Waals surface area contributed by atoms with E-state index in [1.807, 2.05) is 0 Å². The van der Waals surface area contributed by atoms with Crippen LogP contribution in [0.2, 0.25) is 0 Å². The zero-order chi connectivity index (χ0) is 19.6. The lowest BCUT2D eigenvalue weighted by Gasteiger charge is -2.17. The van der Waals surface area contributed by atoms with E-state index < -0.39 is 10.8 Å². The number of nitrogens with one attached hydrogen (secondary N) is 1. The average molecular weight is 369 g/mol. The quantitative estimate of drug-likeness (QED) is 0.645. The molecule has 1 heterocycles. The molecule has 1 fully saturated rings. The maximum absolute atomic E-state index is 12.5. The van der Waals surface area contributed by atoms with E-state index in [9.17, 15) is 19.7 Å². The van der Waals surface area contributed by atoms with Gasteiger partial charge < -0.3 is 15.0 Å². The van der Waals surface area contributed by atoms with Gasteiger partial charge in [-0.05, 0) is 37.3 Å². The molecular weight excluding hydrogens is 350 g/mol. The number of anilines is 2. The predicted octanol–water partition coefficient (Wildman–Crippen LogP) is 2.90. The Bertz CT molecular complexity index is 895. The van der Waals surface area contributed by atoms with Crippen molar-refractivity contribution >= 4 is 28.9 Å². The van der Waals surface area contributed by atoms with Crippen LogP contribution in [-0.4, -0.2) is 30.4 Å². The van der Waals surface area contributed by atoms with E-state index in [0.717, 1.165) is 0 Å². The molecule has 3 rings (SSSR count). The van der Waals surface area contributed by atoms with Gasteiger partial charge in [-0.2, -0.15) is 0 Å². The van der Waals surface area contributed by atoms with Crippen molar-refractivity contribution in [2.24, 2.45) is 5.92 Å². The van der Waals surface area contributed by atoms with E-state index in [2.05, 4.69) is 5.32 Å². The first-order valence-corrected chi connectivity index (χ1v) is 8.39. The van der Waals surface area contributed by atoms with Crippen LogP contribution < -0.4 is 15.0 Å². The maximum Gasteiger partial charge on any atom is 0.274 e. The number of methoxy groups -OCH3 is 1. The summed E-state index contributed by atoms with van der Waals surface area (Å²) in [5, 5.41) is 13.9. The first-order valence-electron chi connectivity index (χ1n) is 8.39. The molecule has 0 radical (unpaired) electrons. The van der Waals surface area contributed by atoms with Gasteiger partial charge in [0.05, 0.1) is 23.6 Å². The summed E-state index contributed by atoms with van der Waals surface area (Å²) in [6, 6.07) is 11.5. The monoisotopic (exact) mass is 369 g/mol. The molecule has 140 valence electrons. The first kappa shape index (κ1) is 18.4. The summed E-state index contributed by atoms with van der Waals surface area (Å²) in [5.74, 6) is -0.350. The van der Waals surface area contributed by atoms with Crippen LogP contribution in [0.4, 0.5) is 17.1 Å². The fraction of sp³-hybridized carbons (Fsp3) is 0.263. The van der Waals surface area contributed by atoms with E-state index in [1.54, 1.807) is 50.4 Å². The van der Waals surface area contributed by atoms with Crippen molar-refractivity contribution in [3.05, 3.63) is 58.1 Å². The van der Waals surface area contributed by atoms with Crippen molar-refractivity contribution in [3.8, 4) is 5.75 Å². The molecule has 0 bridgehead atoms. The second-order valence-electron chi connectivity index (χ2n) is 6.35. The molecule has 0 unspecified atom stereocenters. The molecule has 0 aromatic heterocycles. The lowest BCUT2D eigenvalue weighted by Crippen LogP contribution is -2.28. The standard InChI is InChI=1S/C19H19N3O5/c1-12-3-6-15(10-17(12)22(25)26)21-11-13(9-18(21)23)19(24)20-14-4-7-16(27-2)8-5-14/h3-8,10,13H,9,11H2,1-2H3,(H,20,24)/t13-/m1/s1. The lowest BCUT2D eigenvalue weighted by atomic mass is 10.1. The number of nitro groups is 1. The van der Waals surface area contributed by atoms with Crippen LogP contribution in [-0.2, 0) is 9.59 Å². The van der Waals surface area contributed by atoms with Gasteiger partial charge in [0.2, 0.25) is 11.8 Å². The molecule has 0 spiro atoms. The van der Waals surface area contributed by atoms with Crippen LogP contribution in [0.1, 0.15) is 12.0 Å². The summed E-state index contributed by atoms with van der Waals surface area (Å²) in [5.41, 5.74) is 1.50. The lowest BCUT2D eigenvalue weighted by molar-refractivity contribution is -0.385. The van der Waals surface area contributed by atoms with Crippen molar-refractivity contribution in [2.45, 2.75) is 13.3 Å². The Morgan fingerprint density at radius 1 is 1.26 bits per heavy atom. The van der Waals surface area contributed by atoms with Gasteiger partial charge in [0, 0.05) is 30.3 Å². The smallest absolute Gasteiger partial charge is 0.274 e. The van der Waals surface area contributed by atoms with Crippen molar-refractivity contribution in [1.82, 2.24) is 0 Å². The molecule has 2 amide bonds. The number of carbonyl (C=O) groups excluding carboxylic acids is 2. The number of nitro benzene ring substituents is 1. The van der Waals surface area contributed by atoms with Gasteiger partial charge in [0.15, 0.2) is 0 Å². The molecule has 1 atom stereocenters. The highest BCUT2D eigenvalue weighted by Crippen LogP contribution is 2.30. The second-order valence-corrected chi connectivity index (χ2v) is 6.35. The molecule has 1 saturated heterocycles. The fourth-order valence-electron chi connectivity index (χ4n) is 3.01. The van der Waals surface area contributed by atoms with Crippen LogP contribution in [0.25, 0.3) is 0 Å². The molecule has 8 nitrogen and oxygen atoms in total. The minimum absolute atomic E-state index is 0.0496. The minimum Gasteiger partial charge on any atom is -0.497 e. The van der Waals surface area contributed by atoms with E-state index in [0.29, 0.717) is 22.7 Å². The normalized spacial score (nSPS) is 16.3. The van der Waals surface area contributed by atoms with Gasteiger partial charge in [-0.1, -0.05) is 6.07 Å². The van der Waals surface area contributed by atoms with E-state index in [1.165, 1.54) is 11.0 Å². The Labute approximate surface area is 155 Å². The highest BCUT2D eigenvalue weighted by molar-refractivity contribution is 6.03. The van der Waals surface area contributed by atoms with Gasteiger partial charge in [0.1, 0.15) is 5.75 Å². The SMILES string of the molecule is COc1ccc(NC(=O)[C@@H]2CC(=O)N(c3ccc(C)c([N+](=O)[O-])c3)C2)cc1. The zero-order valence-electron chi connectivity index (χ0n) is 15.0. The third-order valence-electron chi connectivity index (χ3n) is 4.55. The fourth-order valence-corrected chi connectivity index (χ4v) is 3.01. The molecule has 1 aliphatic heterocycles. The van der Waals surface area contributed by atoms with E-state index in [4.69, 9.17) is 4.74 Å². The summed E-state index contributed by atoms with van der Waals surface area (Å²) in [6.07, 6.45) is 0.0592. The third kappa shape index (κ3) is 3.89. The Morgan fingerprint density at radius 3 is 2.59 bits per heavy atom. The largest absolute Gasteiger partial charge is 0.497 e. The average Bonchev–Trinajstić information content (AvgIpc) is 3.04. The molecular formula is C19H19N3O5. The number of rotatable bonds is 5. The van der Waals surface area contributed by atoms with Crippen LogP contribution in [0.3, 0.4) is 0 Å². The highest BCUT2D eigenvalue weighted by Gasteiger charge is 2.35. The Balaban J connectivity index is 1.72. The molecule has 1 aliphatic rings. The van der Waals surface area contributed by atoms with Crippen molar-refractivity contribution < 1.29 is 19.2 Å². The summed E-state index contributed by atoms with van der Waals surface area (Å²) in [7, 11) is 1.56. The number of nitrogens with zero attached hydrogens (tertiary/aromatic N) is 2. The molecule has 2 aromatic rings. The molecule has 1 N–H and O–H groups in total. The Kier molecular flexibility index (Phi) is 5.07. The number of ether oxygens (including phenoxy) is 1. The topological polar surface area (TPSA) is 102 Å². The second kappa shape index (κ2) is 7.45. The summed E-state index contributed by atoms with van der Waals surface area (Å²) in [6.45, 7) is 1.82. The Morgan fingerprint density at radius 2 is 1.96 bits per heavy atom. The van der Waals surface area contributed by atoms with E-state index in [-0.39, 0.29) is 30.5 Å². The summed E-state index contributed by atoms with van der Waals surface area (Å²) < 4.78 is 5.07. The van der Waals surface area contributed by atoms with Crippen LogP contribution in [0.15, 0.2) is 42.5 Å². The van der Waals surface area contributed by atoms with Gasteiger partial charge in [-0.15, -0.1) is 0 Å². The Hall–Kier alpha value is -3.42. The molecule has 2 aromatic carbocycles. The van der Waals surface area contributed by atoms with Crippen LogP contribution >= 0.6 is 0 Å². The number of carbonyl (C=O) groups is 2. The summed E-state index contributed by atoms with van der Waals surface area (Å²) >= 11 is 0. The number of benzene rings is 2. The molecule has 8 heteroatoms. The van der Waals surface area contributed by atoms with Crippen LogP contribution in [0.5, 0.6) is 5.75 Å². The first-order chi connectivity index (χ1) is 12.9. The van der Waals surface area contributed by atoms with E-state index >= 15 is 0 Å². The highest BCUT2D eigenvalue weighted by atomic mass is 16.6. The van der Waals surface area contributed by atoms with Gasteiger partial charge in [-0.25, -0.2) is 0 Å². The van der Waals surface area contributed by atoms with Crippen molar-refractivity contribution in [3.63, 3.8) is 0 Å². The zero-order valence-corrected chi connectivity index (χ0v) is 15.0.